The van der Waals surface area contributed by atoms with Crippen LogP contribution in [-0.2, 0) is 6.54 Å². The van der Waals surface area contributed by atoms with Gasteiger partial charge in [0.25, 0.3) is 0 Å². The SMILES string of the molecule is C1=NCc2oc3ccccc3c21. The van der Waals surface area contributed by atoms with Crippen molar-refractivity contribution in [3.05, 3.63) is 35.6 Å². The summed E-state index contributed by atoms with van der Waals surface area (Å²) < 4.78 is 5.59. The molecule has 0 bridgehead atoms. The minimum Gasteiger partial charge on any atom is -0.458 e. The third-order valence-corrected chi connectivity index (χ3v) is 2.17. The molecule has 1 aromatic heterocycles. The molecule has 0 N–H and O–H groups in total. The second kappa shape index (κ2) is 1.97. The van der Waals surface area contributed by atoms with Crippen molar-refractivity contribution in [3.63, 3.8) is 0 Å². The summed E-state index contributed by atoms with van der Waals surface area (Å²) >= 11 is 0. The molecule has 0 saturated heterocycles. The first kappa shape index (κ1) is 6.00. The van der Waals surface area contributed by atoms with Gasteiger partial charge in [0.05, 0.1) is 6.54 Å². The van der Waals surface area contributed by atoms with Crippen molar-refractivity contribution >= 4 is 17.2 Å². The summed E-state index contributed by atoms with van der Waals surface area (Å²) in [5, 5.41) is 1.17. The van der Waals surface area contributed by atoms with Gasteiger partial charge in [0, 0.05) is 17.2 Å². The molecule has 0 atom stereocenters. The van der Waals surface area contributed by atoms with Gasteiger partial charge in [0.15, 0.2) is 0 Å². The highest BCUT2D eigenvalue weighted by Gasteiger charge is 2.14. The van der Waals surface area contributed by atoms with Crippen molar-refractivity contribution in [3.8, 4) is 0 Å². The van der Waals surface area contributed by atoms with Gasteiger partial charge in [0.2, 0.25) is 0 Å². The maximum atomic E-state index is 5.59. The van der Waals surface area contributed by atoms with E-state index in [1.165, 1.54) is 5.39 Å². The van der Waals surface area contributed by atoms with Crippen molar-refractivity contribution in [1.29, 1.82) is 0 Å². The Morgan fingerprint density at radius 2 is 2.17 bits per heavy atom. The van der Waals surface area contributed by atoms with Crippen LogP contribution >= 0.6 is 0 Å². The van der Waals surface area contributed by atoms with Crippen LogP contribution in [0.15, 0.2) is 33.7 Å². The topological polar surface area (TPSA) is 25.5 Å². The normalized spacial score (nSPS) is 14.0. The van der Waals surface area contributed by atoms with E-state index in [0.29, 0.717) is 6.54 Å². The third-order valence-electron chi connectivity index (χ3n) is 2.17. The monoisotopic (exact) mass is 157 g/mol. The number of furan rings is 1. The summed E-state index contributed by atoms with van der Waals surface area (Å²) in [7, 11) is 0. The Morgan fingerprint density at radius 1 is 1.25 bits per heavy atom. The lowest BCUT2D eigenvalue weighted by molar-refractivity contribution is 0.557. The molecule has 58 valence electrons. The maximum absolute atomic E-state index is 5.59. The van der Waals surface area contributed by atoms with E-state index in [9.17, 15) is 0 Å². The van der Waals surface area contributed by atoms with Crippen LogP contribution in [0.1, 0.15) is 11.3 Å². The fourth-order valence-corrected chi connectivity index (χ4v) is 1.59. The Balaban J connectivity index is 2.51. The summed E-state index contributed by atoms with van der Waals surface area (Å²) in [5.74, 6) is 0.996. The summed E-state index contributed by atoms with van der Waals surface area (Å²) in [4.78, 5) is 4.14. The quantitative estimate of drug-likeness (QED) is 0.576. The molecule has 0 amide bonds. The highest BCUT2D eigenvalue weighted by atomic mass is 16.3. The smallest absolute Gasteiger partial charge is 0.135 e. The van der Waals surface area contributed by atoms with E-state index in [4.69, 9.17) is 4.42 Å². The highest BCUT2D eigenvalue weighted by Crippen LogP contribution is 2.27. The van der Waals surface area contributed by atoms with Crippen LogP contribution in [0.25, 0.3) is 11.0 Å². The van der Waals surface area contributed by atoms with Crippen molar-refractivity contribution in [2.45, 2.75) is 6.54 Å². The minimum atomic E-state index is 0.698. The van der Waals surface area contributed by atoms with Gasteiger partial charge in [-0.2, -0.15) is 0 Å². The van der Waals surface area contributed by atoms with Crippen LogP contribution in [0.5, 0.6) is 0 Å². The molecule has 2 heterocycles. The molecule has 0 spiro atoms. The van der Waals surface area contributed by atoms with Crippen LogP contribution in [0.4, 0.5) is 0 Å². The number of hydrogen-bond acceptors (Lipinski definition) is 2. The van der Waals surface area contributed by atoms with Crippen molar-refractivity contribution in [1.82, 2.24) is 0 Å². The van der Waals surface area contributed by atoms with Crippen molar-refractivity contribution < 1.29 is 4.42 Å². The predicted molar refractivity (Wildman–Crippen MR) is 47.5 cm³/mol. The maximum Gasteiger partial charge on any atom is 0.135 e. The highest BCUT2D eigenvalue weighted by molar-refractivity contribution is 6.00. The number of nitrogens with zero attached hydrogens (tertiary/aromatic N) is 1. The first-order valence-corrected chi connectivity index (χ1v) is 3.95. The Hall–Kier alpha value is -1.57. The van der Waals surface area contributed by atoms with Crippen LogP contribution in [0, 0.1) is 0 Å². The summed E-state index contributed by atoms with van der Waals surface area (Å²) in [6, 6.07) is 8.05. The zero-order chi connectivity index (χ0) is 7.97. The first-order chi connectivity index (χ1) is 5.95. The number of aliphatic imine (C=N–C) groups is 1. The van der Waals surface area contributed by atoms with Gasteiger partial charge >= 0.3 is 0 Å². The lowest BCUT2D eigenvalue weighted by Gasteiger charge is -1.85. The molecule has 1 aromatic carbocycles. The molecule has 0 aliphatic carbocycles. The lowest BCUT2D eigenvalue weighted by Crippen LogP contribution is -1.73. The predicted octanol–water partition coefficient (Wildman–Crippen LogP) is 2.37. The third kappa shape index (κ3) is 0.619. The van der Waals surface area contributed by atoms with Crippen LogP contribution < -0.4 is 0 Å². The number of benzene rings is 1. The van der Waals surface area contributed by atoms with Gasteiger partial charge in [-0.1, -0.05) is 18.2 Å². The summed E-state index contributed by atoms with van der Waals surface area (Å²) in [6.07, 6.45) is 1.89. The van der Waals surface area contributed by atoms with Gasteiger partial charge in [-0.3, -0.25) is 4.99 Å². The largest absolute Gasteiger partial charge is 0.458 e. The second-order valence-electron chi connectivity index (χ2n) is 2.90. The van der Waals surface area contributed by atoms with Crippen LogP contribution in [0.3, 0.4) is 0 Å². The number of fused-ring (bicyclic) bond motifs is 3. The van der Waals surface area contributed by atoms with E-state index in [2.05, 4.69) is 11.1 Å². The molecule has 0 fully saturated rings. The Kier molecular flexibility index (Phi) is 0.987. The molecule has 2 nitrogen and oxygen atoms in total. The molecule has 1 aliphatic rings. The van der Waals surface area contributed by atoms with Crippen LogP contribution in [-0.4, -0.2) is 6.21 Å². The van der Waals surface area contributed by atoms with Crippen molar-refractivity contribution in [2.75, 3.05) is 0 Å². The van der Waals surface area contributed by atoms with E-state index in [-0.39, 0.29) is 0 Å². The second-order valence-corrected chi connectivity index (χ2v) is 2.90. The lowest BCUT2D eigenvalue weighted by atomic mass is 10.2. The van der Waals surface area contributed by atoms with E-state index >= 15 is 0 Å². The number of para-hydroxylation sites is 1. The molecule has 0 unspecified atom stereocenters. The minimum absolute atomic E-state index is 0.698. The number of rotatable bonds is 0. The average Bonchev–Trinajstić information content (AvgIpc) is 2.62. The molecular weight excluding hydrogens is 150 g/mol. The fourth-order valence-electron chi connectivity index (χ4n) is 1.59. The Labute approximate surface area is 69.5 Å². The van der Waals surface area contributed by atoms with Gasteiger partial charge in [-0.15, -0.1) is 0 Å². The van der Waals surface area contributed by atoms with Gasteiger partial charge in [-0.25, -0.2) is 0 Å². The summed E-state index contributed by atoms with van der Waals surface area (Å²) in [5.41, 5.74) is 2.12. The molecule has 12 heavy (non-hydrogen) atoms. The van der Waals surface area contributed by atoms with E-state index in [1.807, 2.05) is 24.4 Å². The van der Waals surface area contributed by atoms with Gasteiger partial charge in [-0.05, 0) is 6.07 Å². The molecule has 3 rings (SSSR count). The summed E-state index contributed by atoms with van der Waals surface area (Å²) in [6.45, 7) is 0.698. The van der Waals surface area contributed by atoms with E-state index in [1.54, 1.807) is 0 Å². The molecule has 2 aromatic rings. The van der Waals surface area contributed by atoms with E-state index in [0.717, 1.165) is 16.9 Å². The zero-order valence-corrected chi connectivity index (χ0v) is 6.45. The van der Waals surface area contributed by atoms with Crippen LogP contribution in [0.2, 0.25) is 0 Å². The van der Waals surface area contributed by atoms with Gasteiger partial charge in [0.1, 0.15) is 11.3 Å². The first-order valence-electron chi connectivity index (χ1n) is 3.95. The molecule has 2 heteroatoms. The molecular formula is C10H7NO. The Morgan fingerprint density at radius 3 is 3.17 bits per heavy atom. The van der Waals surface area contributed by atoms with Gasteiger partial charge < -0.3 is 4.42 Å². The fraction of sp³-hybridized carbons (Fsp3) is 0.100. The van der Waals surface area contributed by atoms with E-state index < -0.39 is 0 Å². The molecule has 0 saturated carbocycles. The standard InChI is InChI=1S/C10H7NO/c1-2-4-9-7(3-1)8-5-11-6-10(8)12-9/h1-5H,6H2. The zero-order valence-electron chi connectivity index (χ0n) is 6.45. The average molecular weight is 157 g/mol. The van der Waals surface area contributed by atoms with Crippen molar-refractivity contribution in [2.24, 2.45) is 4.99 Å². The number of hydrogen-bond donors (Lipinski definition) is 0. The molecule has 0 radical (unpaired) electrons. The molecule has 1 aliphatic heterocycles. The Bertz CT molecular complexity index is 468.